The van der Waals surface area contributed by atoms with Crippen LogP contribution in [0.15, 0.2) is 29.6 Å². The van der Waals surface area contributed by atoms with Crippen molar-refractivity contribution in [3.05, 3.63) is 51.5 Å². The number of hydrogen-bond donors (Lipinski definition) is 1. The Morgan fingerprint density at radius 3 is 2.96 bits per heavy atom. The van der Waals surface area contributed by atoms with Crippen LogP contribution in [0.4, 0.5) is 0 Å². The zero-order chi connectivity index (χ0) is 17.8. The highest BCUT2D eigenvalue weighted by Crippen LogP contribution is 2.33. The number of nitrogens with zero attached hydrogens (tertiary/aromatic N) is 1. The monoisotopic (exact) mass is 370 g/mol. The van der Waals surface area contributed by atoms with E-state index in [1.807, 2.05) is 18.2 Å². The molecule has 1 aromatic carbocycles. The number of rotatable bonds is 5. The highest BCUT2D eigenvalue weighted by atomic mass is 32.1. The maximum atomic E-state index is 12.6. The predicted molar refractivity (Wildman–Crippen MR) is 103 cm³/mol. The molecule has 0 radical (unpaired) electrons. The van der Waals surface area contributed by atoms with E-state index in [0.717, 1.165) is 23.4 Å². The first-order chi connectivity index (χ1) is 12.8. The second-order valence-electron chi connectivity index (χ2n) is 7.24. The third-order valence-corrected chi connectivity index (χ3v) is 6.39. The van der Waals surface area contributed by atoms with Gasteiger partial charge in [0, 0.05) is 24.3 Å². The summed E-state index contributed by atoms with van der Waals surface area (Å²) in [4.78, 5) is 17.4. The zero-order valence-electron chi connectivity index (χ0n) is 15.1. The Hall–Kier alpha value is -1.72. The minimum atomic E-state index is -0.478. The van der Waals surface area contributed by atoms with Crippen LogP contribution in [-0.2, 0) is 22.4 Å². The minimum Gasteiger partial charge on any atom is -0.363 e. The lowest BCUT2D eigenvalue weighted by atomic mass is 9.87. The van der Waals surface area contributed by atoms with Crippen molar-refractivity contribution in [2.75, 3.05) is 13.2 Å². The number of carbonyl (C=O) groups excluding carboxylic acids is 1. The predicted octanol–water partition coefficient (Wildman–Crippen LogP) is 4.16. The smallest absolute Gasteiger partial charge is 0.253 e. The third-order valence-electron chi connectivity index (χ3n) is 5.46. The number of hydrogen-bond acceptors (Lipinski definition) is 4. The Balaban J connectivity index is 1.30. The summed E-state index contributed by atoms with van der Waals surface area (Å²) in [6, 6.07) is 8.07. The van der Waals surface area contributed by atoms with E-state index in [2.05, 4.69) is 16.8 Å². The minimum absolute atomic E-state index is 0.0405. The van der Waals surface area contributed by atoms with Gasteiger partial charge in [-0.2, -0.15) is 0 Å². The van der Waals surface area contributed by atoms with Crippen molar-refractivity contribution in [1.82, 2.24) is 10.3 Å². The van der Waals surface area contributed by atoms with Gasteiger partial charge in [-0.25, -0.2) is 4.98 Å². The van der Waals surface area contributed by atoms with Crippen LogP contribution in [0.1, 0.15) is 66.0 Å². The van der Waals surface area contributed by atoms with Gasteiger partial charge in [0.05, 0.1) is 17.3 Å². The van der Waals surface area contributed by atoms with E-state index >= 15 is 0 Å². The van der Waals surface area contributed by atoms with Crippen LogP contribution >= 0.6 is 11.3 Å². The lowest BCUT2D eigenvalue weighted by Crippen LogP contribution is -2.34. The molecule has 1 fully saturated rings. The van der Waals surface area contributed by atoms with Crippen molar-refractivity contribution < 1.29 is 9.53 Å². The normalized spacial score (nSPS) is 20.5. The summed E-state index contributed by atoms with van der Waals surface area (Å²) in [6.45, 7) is 1.21. The molecule has 4 rings (SSSR count). The van der Waals surface area contributed by atoms with Gasteiger partial charge in [-0.3, -0.25) is 4.79 Å². The van der Waals surface area contributed by atoms with Crippen molar-refractivity contribution in [2.24, 2.45) is 0 Å². The van der Waals surface area contributed by atoms with Crippen molar-refractivity contribution in [2.45, 2.75) is 57.0 Å². The van der Waals surface area contributed by atoms with Crippen LogP contribution in [0.5, 0.6) is 0 Å². The van der Waals surface area contributed by atoms with Crippen LogP contribution in [0, 0.1) is 0 Å². The fourth-order valence-electron chi connectivity index (χ4n) is 4.02. The first-order valence-corrected chi connectivity index (χ1v) is 10.6. The van der Waals surface area contributed by atoms with Crippen molar-refractivity contribution >= 4 is 17.2 Å². The number of amides is 1. The lowest BCUT2D eigenvalue weighted by Gasteiger charge is -2.25. The van der Waals surface area contributed by atoms with Crippen LogP contribution in [0.3, 0.4) is 0 Å². The zero-order valence-corrected chi connectivity index (χ0v) is 15.9. The molecule has 1 saturated carbocycles. The summed E-state index contributed by atoms with van der Waals surface area (Å²) in [5, 5.41) is 6.37. The molecule has 1 N–H and O–H groups in total. The highest BCUT2D eigenvalue weighted by molar-refractivity contribution is 7.09. The van der Waals surface area contributed by atoms with Gasteiger partial charge >= 0.3 is 0 Å². The van der Waals surface area contributed by atoms with Crippen LogP contribution in [0.25, 0.3) is 0 Å². The van der Waals surface area contributed by atoms with Gasteiger partial charge in [-0.15, -0.1) is 11.3 Å². The van der Waals surface area contributed by atoms with Gasteiger partial charge < -0.3 is 10.1 Å². The van der Waals surface area contributed by atoms with Gasteiger partial charge in [0.25, 0.3) is 5.91 Å². The molecule has 2 aliphatic rings. The molecule has 1 aromatic heterocycles. The average molecular weight is 371 g/mol. The summed E-state index contributed by atoms with van der Waals surface area (Å²) in [6.07, 6.45) is 7.77. The molecule has 0 spiro atoms. The van der Waals surface area contributed by atoms with E-state index in [1.54, 1.807) is 11.3 Å². The Kier molecular flexibility index (Phi) is 5.65. The van der Waals surface area contributed by atoms with E-state index in [9.17, 15) is 4.79 Å². The maximum absolute atomic E-state index is 12.6. The summed E-state index contributed by atoms with van der Waals surface area (Å²) in [7, 11) is 0. The molecule has 1 aliphatic heterocycles. The van der Waals surface area contributed by atoms with Crippen LogP contribution in [0.2, 0.25) is 0 Å². The molecule has 26 heavy (non-hydrogen) atoms. The molecule has 2 aromatic rings. The summed E-state index contributed by atoms with van der Waals surface area (Å²) >= 11 is 1.73. The Morgan fingerprint density at radius 2 is 2.08 bits per heavy atom. The summed E-state index contributed by atoms with van der Waals surface area (Å²) in [5.41, 5.74) is 3.49. The number of carbonyl (C=O) groups is 1. The molecule has 2 heterocycles. The fraction of sp³-hybridized carbons (Fsp3) is 0.524. The molecule has 0 bridgehead atoms. The summed E-state index contributed by atoms with van der Waals surface area (Å²) < 4.78 is 5.73. The second-order valence-corrected chi connectivity index (χ2v) is 8.18. The van der Waals surface area contributed by atoms with E-state index in [1.165, 1.54) is 43.4 Å². The number of benzene rings is 1. The van der Waals surface area contributed by atoms with Crippen LogP contribution < -0.4 is 5.32 Å². The first-order valence-electron chi connectivity index (χ1n) is 9.72. The largest absolute Gasteiger partial charge is 0.363 e. The lowest BCUT2D eigenvalue weighted by molar-refractivity contribution is -0.134. The maximum Gasteiger partial charge on any atom is 0.253 e. The fourth-order valence-corrected chi connectivity index (χ4v) is 4.90. The highest BCUT2D eigenvalue weighted by Gasteiger charge is 2.26. The standard InChI is InChI=1S/C21H26N2O2S/c24-21(20-17-9-5-4-6-15(17)11-13-25-20)22-12-10-19-23-18(14-26-19)16-7-2-1-3-8-16/h4-6,9,14,16,20H,1-3,7-8,10-13H2,(H,22,24). The number of ether oxygens (including phenoxy) is 1. The quantitative estimate of drug-likeness (QED) is 0.860. The molecule has 1 unspecified atom stereocenters. The molecular formula is C21H26N2O2S. The van der Waals surface area contributed by atoms with Gasteiger partial charge in [-0.1, -0.05) is 43.5 Å². The average Bonchev–Trinajstić information content (AvgIpc) is 3.17. The Bertz CT molecular complexity index is 752. The molecule has 0 saturated heterocycles. The molecule has 5 heteroatoms. The topological polar surface area (TPSA) is 51.2 Å². The SMILES string of the molecule is O=C(NCCc1nc(C2CCCCC2)cs1)C1OCCc2ccccc21. The molecule has 1 amide bonds. The molecule has 138 valence electrons. The van der Waals surface area contributed by atoms with Gasteiger partial charge in [0.1, 0.15) is 0 Å². The van der Waals surface area contributed by atoms with Crippen LogP contribution in [-0.4, -0.2) is 24.0 Å². The number of fused-ring (bicyclic) bond motifs is 1. The van der Waals surface area contributed by atoms with E-state index in [0.29, 0.717) is 19.1 Å². The molecular weight excluding hydrogens is 344 g/mol. The van der Waals surface area contributed by atoms with Crippen molar-refractivity contribution in [3.63, 3.8) is 0 Å². The van der Waals surface area contributed by atoms with Gasteiger partial charge in [-0.05, 0) is 30.4 Å². The third kappa shape index (κ3) is 3.99. The van der Waals surface area contributed by atoms with E-state index in [4.69, 9.17) is 9.72 Å². The van der Waals surface area contributed by atoms with E-state index in [-0.39, 0.29) is 5.91 Å². The van der Waals surface area contributed by atoms with E-state index < -0.39 is 6.10 Å². The first kappa shape index (κ1) is 17.7. The summed E-state index contributed by atoms with van der Waals surface area (Å²) in [5.74, 6) is 0.608. The molecule has 4 nitrogen and oxygen atoms in total. The van der Waals surface area contributed by atoms with Gasteiger partial charge in [0.15, 0.2) is 6.10 Å². The molecule has 1 aliphatic carbocycles. The number of nitrogens with one attached hydrogen (secondary N) is 1. The Labute approximate surface area is 159 Å². The van der Waals surface area contributed by atoms with Crippen molar-refractivity contribution in [1.29, 1.82) is 0 Å². The molecule has 1 atom stereocenters. The Morgan fingerprint density at radius 1 is 1.23 bits per heavy atom. The van der Waals surface area contributed by atoms with Gasteiger partial charge in [0.2, 0.25) is 0 Å². The number of thiazole rings is 1. The number of aromatic nitrogens is 1. The second kappa shape index (κ2) is 8.31. The van der Waals surface area contributed by atoms with Crippen molar-refractivity contribution in [3.8, 4) is 0 Å².